The van der Waals surface area contributed by atoms with Gasteiger partial charge in [0.05, 0.1) is 0 Å². The van der Waals surface area contributed by atoms with Crippen molar-refractivity contribution in [3.63, 3.8) is 0 Å². The average molecular weight is 714 g/mol. The van der Waals surface area contributed by atoms with Gasteiger partial charge in [-0.25, -0.2) is 4.39 Å². The Kier molecular flexibility index (Phi) is 8.56. The SMILES string of the molecule is FC1/C=C\C=C(\C2=C3CC=CC=CC3=C(c3cccnc3)C3C=CC=CC23)COc2cc(-c3c4ccccc4c(C4=CCCC=C4)c4ccccc34)ccc21. The monoisotopic (exact) mass is 713 g/mol. The summed E-state index contributed by atoms with van der Waals surface area (Å²) in [5.74, 6) is 0.794. The zero-order chi connectivity index (χ0) is 36.7. The van der Waals surface area contributed by atoms with Crippen LogP contribution in [0.4, 0.5) is 4.39 Å². The molecule has 5 aromatic rings. The van der Waals surface area contributed by atoms with Crippen LogP contribution in [0.1, 0.15) is 42.1 Å². The molecule has 0 fully saturated rings. The van der Waals surface area contributed by atoms with Crippen molar-refractivity contribution < 1.29 is 9.13 Å². The van der Waals surface area contributed by atoms with E-state index in [2.05, 4.69) is 145 Å². The number of aromatic nitrogens is 1. The number of ether oxygens (including phenoxy) is 1. The van der Waals surface area contributed by atoms with Crippen LogP contribution in [0.2, 0.25) is 0 Å². The number of allylic oxidation sites excluding steroid dienone is 18. The molecule has 2 nitrogen and oxygen atoms in total. The zero-order valence-electron chi connectivity index (χ0n) is 30.5. The molecule has 4 aromatic carbocycles. The molecule has 0 saturated heterocycles. The molecule has 3 heteroatoms. The lowest BCUT2D eigenvalue weighted by Gasteiger charge is -2.38. The van der Waals surface area contributed by atoms with Gasteiger partial charge in [-0.3, -0.25) is 4.98 Å². The maximum Gasteiger partial charge on any atom is 0.147 e. The third-order valence-corrected chi connectivity index (χ3v) is 11.7. The third kappa shape index (κ3) is 5.83. The number of benzene rings is 4. The lowest BCUT2D eigenvalue weighted by Crippen LogP contribution is -2.26. The minimum absolute atomic E-state index is 0.0974. The molecule has 1 aliphatic heterocycles. The van der Waals surface area contributed by atoms with E-state index in [1.807, 2.05) is 30.6 Å². The largest absolute Gasteiger partial charge is 0.488 e. The molecule has 5 aliphatic rings. The van der Waals surface area contributed by atoms with Gasteiger partial charge in [-0.2, -0.15) is 0 Å². The molecule has 2 heterocycles. The second kappa shape index (κ2) is 14.2. The molecule has 3 unspecified atom stereocenters. The minimum atomic E-state index is -1.31. The van der Waals surface area contributed by atoms with Crippen LogP contribution in [0.3, 0.4) is 0 Å². The summed E-state index contributed by atoms with van der Waals surface area (Å²) < 4.78 is 23.1. The molecular weight excluding hydrogens is 674 g/mol. The van der Waals surface area contributed by atoms with E-state index in [-0.39, 0.29) is 11.8 Å². The van der Waals surface area contributed by atoms with Crippen molar-refractivity contribution in [2.75, 3.05) is 6.61 Å². The topological polar surface area (TPSA) is 22.1 Å². The highest BCUT2D eigenvalue weighted by Crippen LogP contribution is 2.51. The average Bonchev–Trinajstić information content (AvgIpc) is 3.45. The van der Waals surface area contributed by atoms with Gasteiger partial charge in [0, 0.05) is 29.8 Å². The zero-order valence-corrected chi connectivity index (χ0v) is 30.5. The quantitative estimate of drug-likeness (QED) is 0.173. The third-order valence-electron chi connectivity index (χ3n) is 11.7. The molecule has 0 bridgehead atoms. The molecular formula is C52H40FNO. The first-order valence-corrected chi connectivity index (χ1v) is 19.4. The first-order chi connectivity index (χ1) is 27.2. The van der Waals surface area contributed by atoms with Crippen molar-refractivity contribution in [2.45, 2.75) is 25.4 Å². The molecule has 0 amide bonds. The molecule has 1 aromatic heterocycles. The second-order valence-corrected chi connectivity index (χ2v) is 14.8. The summed E-state index contributed by atoms with van der Waals surface area (Å²) in [6, 6.07) is 27.6. The number of alkyl halides is 1. The number of hydrogen-bond acceptors (Lipinski definition) is 2. The molecule has 4 aliphatic carbocycles. The Labute approximate surface area is 321 Å². The van der Waals surface area contributed by atoms with Crippen LogP contribution in [-0.2, 0) is 0 Å². The van der Waals surface area contributed by atoms with Crippen LogP contribution in [0.15, 0.2) is 199 Å². The van der Waals surface area contributed by atoms with Gasteiger partial charge >= 0.3 is 0 Å². The van der Waals surface area contributed by atoms with Gasteiger partial charge in [-0.15, -0.1) is 0 Å². The Bertz CT molecular complexity index is 2640. The highest BCUT2D eigenvalue weighted by molar-refractivity contribution is 6.19. The molecule has 10 rings (SSSR count). The van der Waals surface area contributed by atoms with E-state index in [1.165, 1.54) is 55.0 Å². The van der Waals surface area contributed by atoms with Crippen LogP contribution in [-0.4, -0.2) is 11.6 Å². The van der Waals surface area contributed by atoms with E-state index in [1.54, 1.807) is 6.08 Å². The Morgan fingerprint density at radius 3 is 2.15 bits per heavy atom. The van der Waals surface area contributed by atoms with Crippen molar-refractivity contribution >= 4 is 32.7 Å². The summed E-state index contributed by atoms with van der Waals surface area (Å²) in [5, 5.41) is 4.77. The predicted molar refractivity (Wildman–Crippen MR) is 226 cm³/mol. The highest BCUT2D eigenvalue weighted by Gasteiger charge is 2.37. The van der Waals surface area contributed by atoms with Gasteiger partial charge in [0.2, 0.25) is 0 Å². The van der Waals surface area contributed by atoms with Crippen molar-refractivity contribution in [1.82, 2.24) is 4.98 Å². The highest BCUT2D eigenvalue weighted by atomic mass is 19.1. The van der Waals surface area contributed by atoms with Gasteiger partial charge in [0.1, 0.15) is 18.5 Å². The standard InChI is InChI=1S/C52H40FNO/c53-47-27-13-17-37(52-44-20-6-2-5-19-42(44)51(36-18-14-30-54-32-36)43-25-11-12-26-45(43)52)33-55-48-31-35(28-29-46(47)48)50-40-23-9-7-21-38(40)49(34-15-3-1-4-16-34)39-22-8-10-24-41(39)50/h2-3,5-19,21-32,43,45,47H,1,4,20,33H2/b27-13-,37-17+. The van der Waals surface area contributed by atoms with Gasteiger partial charge < -0.3 is 4.74 Å². The van der Waals surface area contributed by atoms with Crippen molar-refractivity contribution in [3.05, 3.63) is 215 Å². The fourth-order valence-corrected chi connectivity index (χ4v) is 9.29. The van der Waals surface area contributed by atoms with E-state index < -0.39 is 6.17 Å². The number of pyridine rings is 1. The summed E-state index contributed by atoms with van der Waals surface area (Å²) in [6.45, 7) is 0.316. The fourth-order valence-electron chi connectivity index (χ4n) is 9.29. The number of fused-ring (bicyclic) bond motifs is 5. The molecule has 55 heavy (non-hydrogen) atoms. The van der Waals surface area contributed by atoms with Crippen LogP contribution < -0.4 is 4.74 Å². The maximum atomic E-state index is 16.2. The Morgan fingerprint density at radius 2 is 1.42 bits per heavy atom. The van der Waals surface area contributed by atoms with Gasteiger partial charge in [0.15, 0.2) is 0 Å². The molecule has 0 saturated carbocycles. The summed E-state index contributed by atoms with van der Waals surface area (Å²) in [6.07, 6.45) is 35.6. The normalized spacial score (nSPS) is 23.1. The lowest BCUT2D eigenvalue weighted by atomic mass is 9.66. The molecule has 3 atom stereocenters. The Hall–Kier alpha value is -6.32. The van der Waals surface area contributed by atoms with Crippen molar-refractivity contribution in [1.29, 1.82) is 0 Å². The summed E-state index contributed by atoms with van der Waals surface area (Å²) in [5.41, 5.74) is 12.5. The number of hydrogen-bond donors (Lipinski definition) is 0. The minimum Gasteiger partial charge on any atom is -0.488 e. The Balaban J connectivity index is 1.11. The van der Waals surface area contributed by atoms with E-state index in [0.29, 0.717) is 17.9 Å². The van der Waals surface area contributed by atoms with Crippen molar-refractivity contribution in [3.8, 4) is 16.9 Å². The molecule has 266 valence electrons. The first-order valence-electron chi connectivity index (χ1n) is 19.4. The van der Waals surface area contributed by atoms with Gasteiger partial charge in [0.25, 0.3) is 0 Å². The van der Waals surface area contributed by atoms with Crippen LogP contribution in [0.5, 0.6) is 5.75 Å². The maximum absolute atomic E-state index is 16.2. The molecule has 0 N–H and O–H groups in total. The van der Waals surface area contributed by atoms with Gasteiger partial charge in [-0.1, -0.05) is 146 Å². The van der Waals surface area contributed by atoms with E-state index in [4.69, 9.17) is 4.74 Å². The lowest BCUT2D eigenvalue weighted by molar-refractivity contribution is 0.332. The van der Waals surface area contributed by atoms with Crippen molar-refractivity contribution in [2.24, 2.45) is 11.8 Å². The van der Waals surface area contributed by atoms with Gasteiger partial charge in [-0.05, 0) is 115 Å². The summed E-state index contributed by atoms with van der Waals surface area (Å²) in [4.78, 5) is 4.50. The summed E-state index contributed by atoms with van der Waals surface area (Å²) >= 11 is 0. The smallest absolute Gasteiger partial charge is 0.147 e. The van der Waals surface area contributed by atoms with E-state index in [9.17, 15) is 0 Å². The number of nitrogens with zero attached hydrogens (tertiary/aromatic N) is 1. The molecule has 0 radical (unpaired) electrons. The van der Waals surface area contributed by atoms with E-state index in [0.717, 1.165) is 41.5 Å². The van der Waals surface area contributed by atoms with Crippen LogP contribution in [0.25, 0.3) is 43.8 Å². The predicted octanol–water partition coefficient (Wildman–Crippen LogP) is 13.3. The summed E-state index contributed by atoms with van der Waals surface area (Å²) in [7, 11) is 0. The number of halogens is 1. The fraction of sp³-hybridized carbons (Fsp3) is 0.135. The van der Waals surface area contributed by atoms with Crippen LogP contribution >= 0.6 is 0 Å². The van der Waals surface area contributed by atoms with E-state index >= 15 is 4.39 Å². The molecule has 0 spiro atoms. The first kappa shape index (κ1) is 33.3. The van der Waals surface area contributed by atoms with Crippen LogP contribution in [0, 0.1) is 11.8 Å². The second-order valence-electron chi connectivity index (χ2n) is 14.8. The Morgan fingerprint density at radius 1 is 0.655 bits per heavy atom. The number of rotatable bonds is 4.